The molecule has 2 amide bonds. The molecule has 3 rings (SSSR count). The van der Waals surface area contributed by atoms with Crippen molar-refractivity contribution in [1.29, 1.82) is 0 Å². The molecule has 2 aliphatic rings. The molecular formula is C18H26N2O4S. The largest absolute Gasteiger partial charge is 0.491 e. The highest BCUT2D eigenvalue weighted by Crippen LogP contribution is 2.28. The summed E-state index contributed by atoms with van der Waals surface area (Å²) in [4.78, 5) is 14.3. The van der Waals surface area contributed by atoms with E-state index in [2.05, 4.69) is 5.32 Å². The standard InChI is InChI=1S/C18H26N2O4S/c1-13-4-3-5-15-10-16(11-24-17(13)15)19-18(21)20-8-6-14(7-9-20)12-25(2,22)23/h3-5,14,16H,6-12H2,1-2H3,(H,19,21). The predicted molar refractivity (Wildman–Crippen MR) is 96.7 cm³/mol. The number of hydrogen-bond donors (Lipinski definition) is 1. The number of carbonyl (C=O) groups excluding carboxylic acids is 1. The van der Waals surface area contributed by atoms with E-state index in [1.165, 1.54) is 6.26 Å². The number of benzene rings is 1. The molecule has 138 valence electrons. The number of amides is 2. The molecule has 1 N–H and O–H groups in total. The summed E-state index contributed by atoms with van der Waals surface area (Å²) in [6.45, 7) is 3.72. The van der Waals surface area contributed by atoms with E-state index in [1.54, 1.807) is 4.90 Å². The predicted octanol–water partition coefficient (Wildman–Crippen LogP) is 1.76. The summed E-state index contributed by atoms with van der Waals surface area (Å²) in [5, 5.41) is 3.06. The number of hydrogen-bond acceptors (Lipinski definition) is 4. The summed E-state index contributed by atoms with van der Waals surface area (Å²) in [5.41, 5.74) is 2.25. The highest BCUT2D eigenvalue weighted by Gasteiger charge is 2.28. The van der Waals surface area contributed by atoms with Gasteiger partial charge in [0.05, 0.1) is 11.8 Å². The highest BCUT2D eigenvalue weighted by atomic mass is 32.2. The third kappa shape index (κ3) is 4.66. The van der Waals surface area contributed by atoms with Crippen LogP contribution >= 0.6 is 0 Å². The molecule has 0 saturated carbocycles. The molecule has 1 saturated heterocycles. The van der Waals surface area contributed by atoms with Gasteiger partial charge < -0.3 is 15.0 Å². The summed E-state index contributed by atoms with van der Waals surface area (Å²) in [6, 6.07) is 5.96. The molecule has 1 atom stereocenters. The van der Waals surface area contributed by atoms with Crippen molar-refractivity contribution < 1.29 is 17.9 Å². The van der Waals surface area contributed by atoms with Gasteiger partial charge in [-0.05, 0) is 43.2 Å². The number of para-hydroxylation sites is 1. The van der Waals surface area contributed by atoms with Gasteiger partial charge in [0, 0.05) is 19.3 Å². The molecular weight excluding hydrogens is 340 g/mol. The topological polar surface area (TPSA) is 75.7 Å². The Kier molecular flexibility index (Phi) is 5.22. The molecule has 0 spiro atoms. The average molecular weight is 366 g/mol. The van der Waals surface area contributed by atoms with E-state index in [-0.39, 0.29) is 23.7 Å². The van der Waals surface area contributed by atoms with Gasteiger partial charge in [-0.25, -0.2) is 13.2 Å². The minimum absolute atomic E-state index is 0.0319. The minimum atomic E-state index is -2.95. The molecule has 1 aromatic rings. The second kappa shape index (κ2) is 7.23. The summed E-state index contributed by atoms with van der Waals surface area (Å²) < 4.78 is 28.6. The second-order valence-electron chi connectivity index (χ2n) is 7.25. The first kappa shape index (κ1) is 18.0. The lowest BCUT2D eigenvalue weighted by Gasteiger charge is -2.34. The first-order chi connectivity index (χ1) is 11.8. The number of piperidine rings is 1. The molecule has 25 heavy (non-hydrogen) atoms. The van der Waals surface area contributed by atoms with Gasteiger partial charge in [0.2, 0.25) is 0 Å². The van der Waals surface area contributed by atoms with Crippen LogP contribution in [0.1, 0.15) is 24.0 Å². The number of likely N-dealkylation sites (tertiary alicyclic amines) is 1. The van der Waals surface area contributed by atoms with E-state index in [0.717, 1.165) is 36.1 Å². The number of urea groups is 1. The molecule has 0 radical (unpaired) electrons. The van der Waals surface area contributed by atoms with Gasteiger partial charge >= 0.3 is 6.03 Å². The number of ether oxygens (including phenoxy) is 1. The van der Waals surface area contributed by atoms with Crippen molar-refractivity contribution in [1.82, 2.24) is 10.2 Å². The number of rotatable bonds is 3. The fraction of sp³-hybridized carbons (Fsp3) is 0.611. The average Bonchev–Trinajstić information content (AvgIpc) is 2.54. The summed E-state index contributed by atoms with van der Waals surface area (Å²) in [7, 11) is -2.95. The van der Waals surface area contributed by atoms with Crippen molar-refractivity contribution in [3.63, 3.8) is 0 Å². The fourth-order valence-corrected chi connectivity index (χ4v) is 4.87. The second-order valence-corrected chi connectivity index (χ2v) is 9.43. The maximum atomic E-state index is 12.5. The highest BCUT2D eigenvalue weighted by molar-refractivity contribution is 7.90. The molecule has 6 nitrogen and oxygen atoms in total. The minimum Gasteiger partial charge on any atom is -0.491 e. The molecule has 2 aliphatic heterocycles. The Bertz CT molecular complexity index is 739. The van der Waals surface area contributed by atoms with Gasteiger partial charge in [-0.2, -0.15) is 0 Å². The Hall–Kier alpha value is -1.76. The maximum Gasteiger partial charge on any atom is 0.317 e. The van der Waals surface area contributed by atoms with Crippen molar-refractivity contribution in [3.8, 4) is 5.75 Å². The Morgan fingerprint density at radius 3 is 2.72 bits per heavy atom. The molecule has 0 aromatic heterocycles. The van der Waals surface area contributed by atoms with Crippen LogP contribution in [0.4, 0.5) is 4.79 Å². The molecule has 0 bridgehead atoms. The normalized spacial score (nSPS) is 21.4. The zero-order valence-electron chi connectivity index (χ0n) is 14.8. The van der Waals surface area contributed by atoms with Crippen LogP contribution in [0.2, 0.25) is 0 Å². The van der Waals surface area contributed by atoms with Gasteiger partial charge in [0.15, 0.2) is 0 Å². The van der Waals surface area contributed by atoms with Crippen LogP contribution in [0, 0.1) is 12.8 Å². The van der Waals surface area contributed by atoms with E-state index < -0.39 is 9.84 Å². The van der Waals surface area contributed by atoms with Crippen LogP contribution in [0.5, 0.6) is 5.75 Å². The van der Waals surface area contributed by atoms with Crippen LogP contribution in [-0.2, 0) is 16.3 Å². The molecule has 7 heteroatoms. The SMILES string of the molecule is Cc1cccc2c1OCC(NC(=O)N1CCC(CS(C)(=O)=O)CC1)C2. The smallest absolute Gasteiger partial charge is 0.317 e. The Balaban J connectivity index is 1.51. The maximum absolute atomic E-state index is 12.5. The van der Waals surface area contributed by atoms with Gasteiger partial charge in [0.1, 0.15) is 22.2 Å². The Labute approximate surface area is 149 Å². The van der Waals surface area contributed by atoms with E-state index in [1.807, 2.05) is 25.1 Å². The lowest BCUT2D eigenvalue weighted by atomic mass is 9.99. The number of sulfone groups is 1. The lowest BCUT2D eigenvalue weighted by Crippen LogP contribution is -2.51. The number of aryl methyl sites for hydroxylation is 1. The van der Waals surface area contributed by atoms with Gasteiger partial charge in [0.25, 0.3) is 0 Å². The Morgan fingerprint density at radius 1 is 1.32 bits per heavy atom. The van der Waals surface area contributed by atoms with Crippen molar-refractivity contribution >= 4 is 15.9 Å². The molecule has 1 aromatic carbocycles. The molecule has 1 unspecified atom stereocenters. The first-order valence-electron chi connectivity index (χ1n) is 8.76. The number of nitrogens with one attached hydrogen (secondary N) is 1. The zero-order valence-corrected chi connectivity index (χ0v) is 15.6. The van der Waals surface area contributed by atoms with E-state index >= 15 is 0 Å². The summed E-state index contributed by atoms with van der Waals surface area (Å²) >= 11 is 0. The van der Waals surface area contributed by atoms with Gasteiger partial charge in [-0.3, -0.25) is 0 Å². The monoisotopic (exact) mass is 366 g/mol. The summed E-state index contributed by atoms with van der Waals surface area (Å²) in [6.07, 6.45) is 3.52. The van der Waals surface area contributed by atoms with Crippen LogP contribution in [0.25, 0.3) is 0 Å². The third-order valence-electron chi connectivity index (χ3n) is 4.96. The first-order valence-corrected chi connectivity index (χ1v) is 10.8. The zero-order chi connectivity index (χ0) is 18.0. The van der Waals surface area contributed by atoms with Crippen molar-refractivity contribution in [2.45, 2.75) is 32.2 Å². The van der Waals surface area contributed by atoms with E-state index in [0.29, 0.717) is 19.7 Å². The number of fused-ring (bicyclic) bond motifs is 1. The van der Waals surface area contributed by atoms with Gasteiger partial charge in [-0.1, -0.05) is 18.2 Å². The van der Waals surface area contributed by atoms with Crippen molar-refractivity contribution in [2.75, 3.05) is 31.7 Å². The Morgan fingerprint density at radius 2 is 2.04 bits per heavy atom. The quantitative estimate of drug-likeness (QED) is 0.884. The molecule has 1 fully saturated rings. The van der Waals surface area contributed by atoms with E-state index in [4.69, 9.17) is 4.74 Å². The van der Waals surface area contributed by atoms with Crippen LogP contribution in [0.15, 0.2) is 18.2 Å². The fourth-order valence-electron chi connectivity index (χ4n) is 3.68. The van der Waals surface area contributed by atoms with Crippen LogP contribution < -0.4 is 10.1 Å². The van der Waals surface area contributed by atoms with Crippen LogP contribution in [0.3, 0.4) is 0 Å². The molecule has 0 aliphatic carbocycles. The third-order valence-corrected chi connectivity index (χ3v) is 6.03. The van der Waals surface area contributed by atoms with Gasteiger partial charge in [-0.15, -0.1) is 0 Å². The van der Waals surface area contributed by atoms with Crippen molar-refractivity contribution in [2.24, 2.45) is 5.92 Å². The van der Waals surface area contributed by atoms with Crippen molar-refractivity contribution in [3.05, 3.63) is 29.3 Å². The van der Waals surface area contributed by atoms with E-state index in [9.17, 15) is 13.2 Å². The lowest BCUT2D eigenvalue weighted by molar-refractivity contribution is 0.162. The summed E-state index contributed by atoms with van der Waals surface area (Å²) in [5.74, 6) is 1.32. The number of nitrogens with zero attached hydrogens (tertiary/aromatic N) is 1. The number of carbonyl (C=O) groups is 1. The van der Waals surface area contributed by atoms with Crippen LogP contribution in [-0.4, -0.2) is 57.1 Å². The molecule has 2 heterocycles.